The Kier molecular flexibility index (Phi) is 8.49. The first-order valence-corrected chi connectivity index (χ1v) is 20.1. The molecule has 11 aromatic rings. The summed E-state index contributed by atoms with van der Waals surface area (Å²) < 4.78 is 2.31. The molecule has 0 spiro atoms. The highest BCUT2D eigenvalue weighted by Gasteiger charge is 2.20. The van der Waals surface area contributed by atoms with Crippen LogP contribution in [-0.2, 0) is 0 Å². The smallest absolute Gasteiger partial charge is 0.145 e. The molecule has 0 radical (unpaired) electrons. The van der Waals surface area contributed by atoms with Crippen LogP contribution in [0.2, 0.25) is 0 Å². The number of nitrogens with zero attached hydrogens (tertiary/aromatic N) is 3. The summed E-state index contributed by atoms with van der Waals surface area (Å²) in [6.45, 7) is 0. The van der Waals surface area contributed by atoms with Crippen molar-refractivity contribution in [3.8, 4) is 73.0 Å². The van der Waals surface area contributed by atoms with E-state index in [-0.39, 0.29) is 0 Å². The molecule has 0 bridgehead atoms. The monoisotopic (exact) mass is 751 g/mol. The van der Waals surface area contributed by atoms with Crippen molar-refractivity contribution >= 4 is 32.6 Å². The van der Waals surface area contributed by atoms with Crippen LogP contribution in [0.4, 0.5) is 0 Å². The Balaban J connectivity index is 1.09. The maximum Gasteiger partial charge on any atom is 0.145 e. The molecule has 0 saturated carbocycles. The average Bonchev–Trinajstić information content (AvgIpc) is 3.71. The van der Waals surface area contributed by atoms with Crippen LogP contribution in [0.5, 0.6) is 0 Å². The molecule has 11 rings (SSSR count). The topological polar surface area (TPSA) is 30.7 Å². The first-order chi connectivity index (χ1) is 29.2. The molecule has 0 saturated heterocycles. The normalized spacial score (nSPS) is 11.4. The van der Waals surface area contributed by atoms with Crippen LogP contribution in [0.1, 0.15) is 0 Å². The van der Waals surface area contributed by atoms with Gasteiger partial charge in [0.1, 0.15) is 5.82 Å². The third-order valence-corrected chi connectivity index (χ3v) is 11.4. The van der Waals surface area contributed by atoms with Gasteiger partial charge in [0.2, 0.25) is 0 Å². The maximum absolute atomic E-state index is 5.44. The molecule has 59 heavy (non-hydrogen) atoms. The first kappa shape index (κ1) is 34.4. The Morgan fingerprint density at radius 1 is 0.288 bits per heavy atom. The van der Waals surface area contributed by atoms with E-state index >= 15 is 0 Å². The number of imidazole rings is 1. The van der Waals surface area contributed by atoms with Gasteiger partial charge in [-0.15, -0.1) is 0 Å². The van der Waals surface area contributed by atoms with E-state index in [0.717, 1.165) is 84.0 Å². The molecule has 0 N–H and O–H groups in total. The standard InChI is InChI=1S/C56H37N3/c1-4-14-38(15-5-1)48-34-51(41-18-6-2-7-19-41)55-54(37-48)59(56(58-55)43-20-8-3-9-21-43)50-30-28-42(29-31-50)52-35-49(46-26-24-39-16-10-12-22-44(39)32-46)36-53(57-52)47-27-25-40-17-11-13-23-45(40)33-47/h1-37H. The fourth-order valence-corrected chi connectivity index (χ4v) is 8.35. The fourth-order valence-electron chi connectivity index (χ4n) is 8.35. The van der Waals surface area contributed by atoms with Gasteiger partial charge >= 0.3 is 0 Å². The predicted molar refractivity (Wildman–Crippen MR) is 246 cm³/mol. The molecule has 2 aromatic heterocycles. The van der Waals surface area contributed by atoms with E-state index in [1.54, 1.807) is 0 Å². The number of fused-ring (bicyclic) bond motifs is 3. The molecule has 3 heteroatoms. The SMILES string of the molecule is c1ccc(-c2cc(-c3ccccc3)c3nc(-c4ccccc4)n(-c4ccc(-c5cc(-c6ccc7ccccc7c6)cc(-c6ccc7ccccc7c6)n5)cc4)c3c2)cc1. The van der Waals surface area contributed by atoms with E-state index in [4.69, 9.17) is 9.97 Å². The second-order valence-corrected chi connectivity index (χ2v) is 15.1. The Morgan fingerprint density at radius 3 is 1.42 bits per heavy atom. The van der Waals surface area contributed by atoms with Gasteiger partial charge in [0.25, 0.3) is 0 Å². The number of aromatic nitrogens is 3. The molecule has 0 unspecified atom stereocenters. The van der Waals surface area contributed by atoms with Gasteiger partial charge in [0, 0.05) is 27.9 Å². The van der Waals surface area contributed by atoms with Crippen molar-refractivity contribution < 1.29 is 0 Å². The summed E-state index contributed by atoms with van der Waals surface area (Å²) in [6, 6.07) is 79.9. The summed E-state index contributed by atoms with van der Waals surface area (Å²) in [5.41, 5.74) is 14.9. The summed E-state index contributed by atoms with van der Waals surface area (Å²) in [5.74, 6) is 0.894. The summed E-state index contributed by atoms with van der Waals surface area (Å²) in [5, 5.41) is 4.85. The van der Waals surface area contributed by atoms with Gasteiger partial charge in [0.05, 0.1) is 22.4 Å². The van der Waals surface area contributed by atoms with Gasteiger partial charge in [-0.1, -0.05) is 176 Å². The van der Waals surface area contributed by atoms with Crippen molar-refractivity contribution in [1.82, 2.24) is 14.5 Å². The lowest BCUT2D eigenvalue weighted by Gasteiger charge is -2.14. The van der Waals surface area contributed by atoms with Crippen LogP contribution >= 0.6 is 0 Å². The zero-order chi connectivity index (χ0) is 39.1. The molecule has 3 nitrogen and oxygen atoms in total. The zero-order valence-corrected chi connectivity index (χ0v) is 32.2. The van der Waals surface area contributed by atoms with Crippen molar-refractivity contribution in [2.45, 2.75) is 0 Å². The Hall–Kier alpha value is -7.88. The van der Waals surface area contributed by atoms with Crippen LogP contribution in [0, 0.1) is 0 Å². The second kappa shape index (κ2) is 14.6. The Labute approximate surface area is 343 Å². The van der Waals surface area contributed by atoms with Crippen LogP contribution in [-0.4, -0.2) is 14.5 Å². The van der Waals surface area contributed by atoms with Gasteiger partial charge in [-0.05, 0) is 97.9 Å². The summed E-state index contributed by atoms with van der Waals surface area (Å²) in [4.78, 5) is 10.8. The highest BCUT2D eigenvalue weighted by Crippen LogP contribution is 2.39. The molecular formula is C56H37N3. The van der Waals surface area contributed by atoms with Crippen LogP contribution in [0.25, 0.3) is 106 Å². The molecule has 0 amide bonds. The van der Waals surface area contributed by atoms with E-state index < -0.39 is 0 Å². The fraction of sp³-hybridized carbons (Fsp3) is 0. The van der Waals surface area contributed by atoms with Crippen molar-refractivity contribution in [3.63, 3.8) is 0 Å². The molecule has 0 aliphatic rings. The predicted octanol–water partition coefficient (Wildman–Crippen LogP) is 14.7. The number of pyridine rings is 1. The average molecular weight is 752 g/mol. The van der Waals surface area contributed by atoms with E-state index in [1.807, 2.05) is 0 Å². The molecule has 0 aliphatic carbocycles. The largest absolute Gasteiger partial charge is 0.292 e. The summed E-state index contributed by atoms with van der Waals surface area (Å²) in [6.07, 6.45) is 0. The molecule has 2 heterocycles. The second-order valence-electron chi connectivity index (χ2n) is 15.1. The van der Waals surface area contributed by atoms with E-state index in [1.165, 1.54) is 21.5 Å². The van der Waals surface area contributed by atoms with Crippen molar-refractivity contribution in [1.29, 1.82) is 0 Å². The Morgan fingerprint density at radius 2 is 0.780 bits per heavy atom. The summed E-state index contributed by atoms with van der Waals surface area (Å²) >= 11 is 0. The van der Waals surface area contributed by atoms with E-state index in [2.05, 4.69) is 229 Å². The van der Waals surface area contributed by atoms with Crippen LogP contribution in [0.15, 0.2) is 224 Å². The summed E-state index contributed by atoms with van der Waals surface area (Å²) in [7, 11) is 0. The number of hydrogen-bond acceptors (Lipinski definition) is 2. The highest BCUT2D eigenvalue weighted by atomic mass is 15.1. The molecule has 9 aromatic carbocycles. The van der Waals surface area contributed by atoms with E-state index in [9.17, 15) is 0 Å². The number of hydrogen-bond donors (Lipinski definition) is 0. The van der Waals surface area contributed by atoms with Gasteiger partial charge in [0.15, 0.2) is 0 Å². The number of rotatable bonds is 7. The molecule has 0 fully saturated rings. The zero-order valence-electron chi connectivity index (χ0n) is 32.2. The van der Waals surface area contributed by atoms with Gasteiger partial charge in [-0.25, -0.2) is 9.97 Å². The third kappa shape index (κ3) is 6.45. The third-order valence-electron chi connectivity index (χ3n) is 11.4. The maximum atomic E-state index is 5.44. The minimum Gasteiger partial charge on any atom is -0.292 e. The van der Waals surface area contributed by atoms with E-state index in [0.29, 0.717) is 0 Å². The van der Waals surface area contributed by atoms with Gasteiger partial charge in [-0.3, -0.25) is 4.57 Å². The van der Waals surface area contributed by atoms with Gasteiger partial charge in [-0.2, -0.15) is 0 Å². The number of benzene rings is 9. The molecule has 0 atom stereocenters. The van der Waals surface area contributed by atoms with Crippen LogP contribution in [0.3, 0.4) is 0 Å². The van der Waals surface area contributed by atoms with Crippen molar-refractivity contribution in [2.75, 3.05) is 0 Å². The lowest BCUT2D eigenvalue weighted by molar-refractivity contribution is 1.10. The molecule has 0 aliphatic heterocycles. The minimum absolute atomic E-state index is 0.894. The van der Waals surface area contributed by atoms with Crippen LogP contribution < -0.4 is 0 Å². The van der Waals surface area contributed by atoms with Gasteiger partial charge < -0.3 is 0 Å². The highest BCUT2D eigenvalue weighted by molar-refractivity contribution is 5.99. The quantitative estimate of drug-likeness (QED) is 0.162. The van der Waals surface area contributed by atoms with Crippen molar-refractivity contribution in [3.05, 3.63) is 224 Å². The first-order valence-electron chi connectivity index (χ1n) is 20.1. The van der Waals surface area contributed by atoms with Crippen molar-refractivity contribution in [2.24, 2.45) is 0 Å². The minimum atomic E-state index is 0.894. The Bertz CT molecular complexity index is 3200. The lowest BCUT2D eigenvalue weighted by Crippen LogP contribution is -1.98. The lowest BCUT2D eigenvalue weighted by atomic mass is 9.97. The molecular weight excluding hydrogens is 715 g/mol. The molecule has 276 valence electrons.